The zero-order valence-corrected chi connectivity index (χ0v) is 11.7. The van der Waals surface area contributed by atoms with Gasteiger partial charge in [0.25, 0.3) is 0 Å². The van der Waals surface area contributed by atoms with Crippen LogP contribution in [0, 0.1) is 0 Å². The number of rotatable bonds is 5. The second-order valence-corrected chi connectivity index (χ2v) is 5.60. The van der Waals surface area contributed by atoms with Gasteiger partial charge in [-0.2, -0.15) is 0 Å². The quantitative estimate of drug-likeness (QED) is 0.582. The van der Waals surface area contributed by atoms with Crippen molar-refractivity contribution in [2.75, 3.05) is 12.4 Å². The average molecular weight is 301 g/mol. The molecule has 0 radical (unpaired) electrons. The van der Waals surface area contributed by atoms with Crippen molar-refractivity contribution in [3.63, 3.8) is 0 Å². The SMILES string of the molecule is CNC(=O)C(C)Nc1ccc(S(N)(=O)=O)cc1C(=O)O. The monoisotopic (exact) mass is 301 g/mol. The summed E-state index contributed by atoms with van der Waals surface area (Å²) >= 11 is 0. The number of hydrogen-bond acceptors (Lipinski definition) is 5. The Bertz CT molecular complexity index is 641. The lowest BCUT2D eigenvalue weighted by atomic mass is 10.1. The Kier molecular flexibility index (Phi) is 4.69. The van der Waals surface area contributed by atoms with Gasteiger partial charge < -0.3 is 15.7 Å². The van der Waals surface area contributed by atoms with Crippen molar-refractivity contribution in [2.24, 2.45) is 5.14 Å². The molecule has 20 heavy (non-hydrogen) atoms. The van der Waals surface area contributed by atoms with E-state index in [9.17, 15) is 18.0 Å². The van der Waals surface area contributed by atoms with Crippen molar-refractivity contribution in [3.05, 3.63) is 23.8 Å². The van der Waals surface area contributed by atoms with Crippen LogP contribution in [0.2, 0.25) is 0 Å². The van der Waals surface area contributed by atoms with Gasteiger partial charge in [0.15, 0.2) is 0 Å². The Hall–Kier alpha value is -2.13. The predicted octanol–water partition coefficient (Wildman–Crippen LogP) is -0.421. The summed E-state index contributed by atoms with van der Waals surface area (Å²) in [5.41, 5.74) is -0.159. The molecule has 0 spiro atoms. The minimum atomic E-state index is -4.00. The van der Waals surface area contributed by atoms with Gasteiger partial charge in [-0.25, -0.2) is 18.4 Å². The number of anilines is 1. The van der Waals surface area contributed by atoms with Crippen molar-refractivity contribution in [1.29, 1.82) is 0 Å². The van der Waals surface area contributed by atoms with Gasteiger partial charge in [0.1, 0.15) is 6.04 Å². The van der Waals surface area contributed by atoms with Crippen molar-refractivity contribution in [1.82, 2.24) is 5.32 Å². The van der Waals surface area contributed by atoms with Gasteiger partial charge in [-0.05, 0) is 25.1 Å². The highest BCUT2D eigenvalue weighted by Gasteiger charge is 2.18. The molecule has 0 aromatic heterocycles. The number of carbonyl (C=O) groups is 2. The molecule has 110 valence electrons. The lowest BCUT2D eigenvalue weighted by molar-refractivity contribution is -0.121. The van der Waals surface area contributed by atoms with Crippen LogP contribution in [0.25, 0.3) is 0 Å². The van der Waals surface area contributed by atoms with Crippen LogP contribution in [0.4, 0.5) is 5.69 Å². The maximum absolute atomic E-state index is 11.4. The number of nitrogens with one attached hydrogen (secondary N) is 2. The van der Waals surface area contributed by atoms with E-state index in [1.165, 1.54) is 26.1 Å². The first-order valence-corrected chi connectivity index (χ1v) is 7.09. The van der Waals surface area contributed by atoms with E-state index in [2.05, 4.69) is 10.6 Å². The van der Waals surface area contributed by atoms with Crippen molar-refractivity contribution in [3.8, 4) is 0 Å². The summed E-state index contributed by atoms with van der Waals surface area (Å²) in [6, 6.07) is 2.68. The van der Waals surface area contributed by atoms with Gasteiger partial charge in [-0.1, -0.05) is 0 Å². The molecular weight excluding hydrogens is 286 g/mol. The maximum atomic E-state index is 11.4. The standard InChI is InChI=1S/C11H15N3O5S/c1-6(10(15)13-2)14-9-4-3-7(20(12,18)19)5-8(9)11(16)17/h3-6,14H,1-2H3,(H,13,15)(H,16,17)(H2,12,18,19). The number of benzene rings is 1. The summed E-state index contributed by atoms with van der Waals surface area (Å²) in [5, 5.41) is 19.1. The Labute approximate surface area is 116 Å². The fourth-order valence-electron chi connectivity index (χ4n) is 1.52. The van der Waals surface area contributed by atoms with Crippen molar-refractivity contribution >= 4 is 27.6 Å². The maximum Gasteiger partial charge on any atom is 0.337 e. The third-order valence-electron chi connectivity index (χ3n) is 2.56. The van der Waals surface area contributed by atoms with Crippen LogP contribution in [-0.2, 0) is 14.8 Å². The topological polar surface area (TPSA) is 139 Å². The molecule has 9 heteroatoms. The van der Waals surface area contributed by atoms with E-state index in [-0.39, 0.29) is 22.1 Å². The molecule has 0 saturated carbocycles. The Balaban J connectivity index is 3.21. The highest BCUT2D eigenvalue weighted by molar-refractivity contribution is 7.89. The zero-order valence-electron chi connectivity index (χ0n) is 10.9. The van der Waals surface area contributed by atoms with Gasteiger partial charge in [-0.15, -0.1) is 0 Å². The number of sulfonamides is 1. The van der Waals surface area contributed by atoms with E-state index in [0.717, 1.165) is 6.07 Å². The molecule has 8 nitrogen and oxygen atoms in total. The largest absolute Gasteiger partial charge is 0.478 e. The number of primary sulfonamides is 1. The van der Waals surface area contributed by atoms with Crippen molar-refractivity contribution in [2.45, 2.75) is 17.9 Å². The van der Waals surface area contributed by atoms with Crippen molar-refractivity contribution < 1.29 is 23.1 Å². The molecule has 0 fully saturated rings. The molecule has 0 heterocycles. The van der Waals surface area contributed by atoms with E-state index in [4.69, 9.17) is 10.2 Å². The molecule has 0 aliphatic heterocycles. The van der Waals surface area contributed by atoms with Gasteiger partial charge >= 0.3 is 5.97 Å². The molecule has 1 atom stereocenters. The lowest BCUT2D eigenvalue weighted by Gasteiger charge is -2.16. The number of hydrogen-bond donors (Lipinski definition) is 4. The number of likely N-dealkylation sites (N-methyl/N-ethyl adjacent to an activating group) is 1. The van der Waals surface area contributed by atoms with Crippen LogP contribution in [0.1, 0.15) is 17.3 Å². The second kappa shape index (κ2) is 5.88. The van der Waals surface area contributed by atoms with Crippen LogP contribution in [-0.4, -0.2) is 38.5 Å². The third-order valence-corrected chi connectivity index (χ3v) is 3.47. The smallest absolute Gasteiger partial charge is 0.337 e. The zero-order chi connectivity index (χ0) is 15.5. The van der Waals surface area contributed by atoms with E-state index in [1.807, 2.05) is 0 Å². The molecule has 0 aliphatic carbocycles. The number of carboxylic acids is 1. The molecule has 0 bridgehead atoms. The number of nitrogens with two attached hydrogens (primary N) is 1. The molecule has 1 rings (SSSR count). The first-order chi connectivity index (χ1) is 9.16. The molecule has 5 N–H and O–H groups in total. The van der Waals surface area contributed by atoms with Crippen LogP contribution in [0.15, 0.2) is 23.1 Å². The van der Waals surface area contributed by atoms with Gasteiger partial charge in [0.05, 0.1) is 10.5 Å². The van der Waals surface area contributed by atoms with E-state index >= 15 is 0 Å². The number of carbonyl (C=O) groups excluding carboxylic acids is 1. The third kappa shape index (κ3) is 3.68. The van der Waals surface area contributed by atoms with Gasteiger partial charge in [-0.3, -0.25) is 4.79 Å². The molecule has 1 aromatic carbocycles. The Morgan fingerprint density at radius 2 is 1.95 bits per heavy atom. The molecular formula is C11H15N3O5S. The predicted molar refractivity (Wildman–Crippen MR) is 71.9 cm³/mol. The van der Waals surface area contributed by atoms with E-state index in [0.29, 0.717) is 0 Å². The summed E-state index contributed by atoms with van der Waals surface area (Å²) in [5.74, 6) is -1.67. The van der Waals surface area contributed by atoms with E-state index in [1.54, 1.807) is 0 Å². The average Bonchev–Trinajstić information content (AvgIpc) is 2.36. The molecule has 1 aromatic rings. The van der Waals surface area contributed by atoms with Crippen LogP contribution >= 0.6 is 0 Å². The van der Waals surface area contributed by atoms with E-state index < -0.39 is 22.0 Å². The fraction of sp³-hybridized carbons (Fsp3) is 0.273. The molecule has 0 saturated heterocycles. The normalized spacial score (nSPS) is 12.6. The van der Waals surface area contributed by atoms with Crippen LogP contribution < -0.4 is 15.8 Å². The number of amides is 1. The molecule has 1 amide bonds. The Morgan fingerprint density at radius 3 is 2.40 bits per heavy atom. The summed E-state index contributed by atoms with van der Waals surface area (Å²) < 4.78 is 22.4. The highest BCUT2D eigenvalue weighted by atomic mass is 32.2. The summed E-state index contributed by atoms with van der Waals surface area (Å²) in [6.07, 6.45) is 0. The fourth-order valence-corrected chi connectivity index (χ4v) is 2.06. The minimum Gasteiger partial charge on any atom is -0.478 e. The number of aromatic carboxylic acids is 1. The highest BCUT2D eigenvalue weighted by Crippen LogP contribution is 2.20. The van der Waals surface area contributed by atoms with Gasteiger partial charge in [0, 0.05) is 12.7 Å². The number of carboxylic acid groups (broad SMARTS) is 1. The second-order valence-electron chi connectivity index (χ2n) is 4.04. The van der Waals surface area contributed by atoms with Crippen LogP contribution in [0.3, 0.4) is 0 Å². The van der Waals surface area contributed by atoms with Gasteiger partial charge in [0.2, 0.25) is 15.9 Å². The minimum absolute atomic E-state index is 0.126. The first kappa shape index (κ1) is 15.9. The summed E-state index contributed by atoms with van der Waals surface area (Å²) in [7, 11) is -2.55. The lowest BCUT2D eigenvalue weighted by Crippen LogP contribution is -2.35. The summed E-state index contributed by atoms with van der Waals surface area (Å²) in [6.45, 7) is 1.54. The Morgan fingerprint density at radius 1 is 1.35 bits per heavy atom. The summed E-state index contributed by atoms with van der Waals surface area (Å²) in [4.78, 5) is 22.2. The molecule has 0 aliphatic rings. The van der Waals surface area contributed by atoms with Crippen LogP contribution in [0.5, 0.6) is 0 Å². The molecule has 1 unspecified atom stereocenters. The first-order valence-electron chi connectivity index (χ1n) is 5.55.